The Morgan fingerprint density at radius 1 is 1.64 bits per heavy atom. The molecule has 0 aromatic rings. The van der Waals surface area contributed by atoms with Gasteiger partial charge < -0.3 is 0 Å². The molecule has 1 unspecified atom stereocenters. The Morgan fingerprint density at radius 3 is 2.93 bits per heavy atom. The maximum Gasteiger partial charge on any atom is 0.133 e. The van der Waals surface area contributed by atoms with E-state index in [0.717, 1.165) is 32.1 Å². The fourth-order valence-corrected chi connectivity index (χ4v) is 2.31. The highest BCUT2D eigenvalue weighted by molar-refractivity contribution is 6.17. The average molecular weight is 215 g/mol. The van der Waals surface area contributed by atoms with Crippen molar-refractivity contribution in [3.63, 3.8) is 0 Å². The lowest BCUT2D eigenvalue weighted by Gasteiger charge is -2.34. The topological polar surface area (TPSA) is 17.1 Å². The summed E-state index contributed by atoms with van der Waals surface area (Å²) in [6.45, 7) is 6.28. The van der Waals surface area contributed by atoms with Gasteiger partial charge in [0, 0.05) is 18.7 Å². The molecule has 0 amide bonds. The molecule has 0 bridgehead atoms. The second-order valence-corrected chi connectivity index (χ2v) is 4.90. The van der Waals surface area contributed by atoms with E-state index in [0.29, 0.717) is 18.1 Å². The van der Waals surface area contributed by atoms with E-state index in [4.69, 9.17) is 11.6 Å². The van der Waals surface area contributed by atoms with Gasteiger partial charge in [0.05, 0.1) is 0 Å². The van der Waals surface area contributed by atoms with Crippen LogP contribution in [-0.4, -0.2) is 11.7 Å². The molecule has 1 atom stereocenters. The standard InChI is InChI=1S/C12H19ClO/c1-10(5-4-8-13)12(2)7-3-6-11(14)9-12/h1,3-9H2,2H3. The molecule has 0 aliphatic heterocycles. The first-order valence-corrected chi connectivity index (χ1v) is 5.88. The van der Waals surface area contributed by atoms with Gasteiger partial charge in [-0.15, -0.1) is 11.6 Å². The molecule has 0 radical (unpaired) electrons. The van der Waals surface area contributed by atoms with Crippen LogP contribution in [0.5, 0.6) is 0 Å². The van der Waals surface area contributed by atoms with Crippen LogP contribution in [0.15, 0.2) is 12.2 Å². The van der Waals surface area contributed by atoms with Crippen molar-refractivity contribution in [1.29, 1.82) is 0 Å². The second kappa shape index (κ2) is 4.97. The van der Waals surface area contributed by atoms with Gasteiger partial charge in [-0.1, -0.05) is 19.1 Å². The monoisotopic (exact) mass is 214 g/mol. The quantitative estimate of drug-likeness (QED) is 0.515. The summed E-state index contributed by atoms with van der Waals surface area (Å²) in [6.07, 6.45) is 5.53. The van der Waals surface area contributed by atoms with Crippen LogP contribution < -0.4 is 0 Å². The highest BCUT2D eigenvalue weighted by Gasteiger charge is 2.32. The third-order valence-electron chi connectivity index (χ3n) is 3.24. The van der Waals surface area contributed by atoms with E-state index in [1.165, 1.54) is 5.57 Å². The number of hydrogen-bond acceptors (Lipinski definition) is 1. The molecule has 1 fully saturated rings. The molecular formula is C12H19ClO. The first kappa shape index (κ1) is 11.8. The number of allylic oxidation sites excluding steroid dienone is 1. The second-order valence-electron chi connectivity index (χ2n) is 4.53. The summed E-state index contributed by atoms with van der Waals surface area (Å²) >= 11 is 5.65. The molecule has 0 aromatic carbocycles. The van der Waals surface area contributed by atoms with Crippen molar-refractivity contribution in [2.24, 2.45) is 5.41 Å². The number of alkyl halides is 1. The normalized spacial score (nSPS) is 27.7. The summed E-state index contributed by atoms with van der Waals surface area (Å²) in [4.78, 5) is 11.4. The summed E-state index contributed by atoms with van der Waals surface area (Å²) in [5.74, 6) is 1.08. The molecule has 1 rings (SSSR count). The smallest absolute Gasteiger partial charge is 0.133 e. The Bertz CT molecular complexity index is 234. The maximum absolute atomic E-state index is 11.4. The Labute approximate surface area is 91.5 Å². The minimum Gasteiger partial charge on any atom is -0.300 e. The predicted octanol–water partition coefficient (Wildman–Crippen LogP) is 3.71. The van der Waals surface area contributed by atoms with E-state index in [1.54, 1.807) is 0 Å². The lowest BCUT2D eigenvalue weighted by Crippen LogP contribution is -2.27. The molecule has 80 valence electrons. The third kappa shape index (κ3) is 2.84. The summed E-state index contributed by atoms with van der Waals surface area (Å²) in [6, 6.07) is 0. The number of carbonyl (C=O) groups excluding carboxylic acids is 1. The van der Waals surface area contributed by atoms with Crippen molar-refractivity contribution in [2.75, 3.05) is 5.88 Å². The molecule has 1 aliphatic carbocycles. The molecule has 0 aromatic heterocycles. The Balaban J connectivity index is 2.54. The zero-order valence-electron chi connectivity index (χ0n) is 8.94. The number of rotatable bonds is 4. The highest BCUT2D eigenvalue weighted by Crippen LogP contribution is 2.41. The summed E-state index contributed by atoms with van der Waals surface area (Å²) in [5, 5.41) is 0. The van der Waals surface area contributed by atoms with Gasteiger partial charge in [0.2, 0.25) is 0 Å². The SMILES string of the molecule is C=C(CCCCl)C1(C)CCCC(=O)C1. The van der Waals surface area contributed by atoms with Crippen LogP contribution in [0.1, 0.15) is 45.4 Å². The van der Waals surface area contributed by atoms with Gasteiger partial charge in [0.1, 0.15) is 5.78 Å². The summed E-state index contributed by atoms with van der Waals surface area (Å²) < 4.78 is 0. The van der Waals surface area contributed by atoms with E-state index in [-0.39, 0.29) is 5.41 Å². The molecule has 0 heterocycles. The van der Waals surface area contributed by atoms with E-state index < -0.39 is 0 Å². The van der Waals surface area contributed by atoms with Crippen molar-refractivity contribution in [1.82, 2.24) is 0 Å². The molecule has 1 saturated carbocycles. The zero-order chi connectivity index (χ0) is 10.6. The van der Waals surface area contributed by atoms with Crippen molar-refractivity contribution in [3.05, 3.63) is 12.2 Å². The zero-order valence-corrected chi connectivity index (χ0v) is 9.70. The van der Waals surface area contributed by atoms with Crippen LogP contribution >= 0.6 is 11.6 Å². The van der Waals surface area contributed by atoms with Crippen LogP contribution in [0.25, 0.3) is 0 Å². The van der Waals surface area contributed by atoms with E-state index in [1.807, 2.05) is 0 Å². The van der Waals surface area contributed by atoms with Crippen LogP contribution in [0.4, 0.5) is 0 Å². The molecular weight excluding hydrogens is 196 g/mol. The Hall–Kier alpha value is -0.300. The first-order valence-electron chi connectivity index (χ1n) is 5.34. The maximum atomic E-state index is 11.4. The Morgan fingerprint density at radius 2 is 2.36 bits per heavy atom. The molecule has 0 N–H and O–H groups in total. The van der Waals surface area contributed by atoms with Crippen LogP contribution in [-0.2, 0) is 4.79 Å². The fraction of sp³-hybridized carbons (Fsp3) is 0.750. The number of ketones is 1. The first-order chi connectivity index (χ1) is 6.58. The number of halogens is 1. The van der Waals surface area contributed by atoms with Gasteiger partial charge >= 0.3 is 0 Å². The Kier molecular flexibility index (Phi) is 4.18. The molecule has 0 spiro atoms. The number of hydrogen-bond donors (Lipinski definition) is 0. The summed E-state index contributed by atoms with van der Waals surface area (Å²) in [5.41, 5.74) is 1.27. The van der Waals surface area contributed by atoms with Crippen LogP contribution in [0, 0.1) is 5.41 Å². The minimum absolute atomic E-state index is 0.0569. The van der Waals surface area contributed by atoms with Gasteiger partial charge in [-0.3, -0.25) is 4.79 Å². The van der Waals surface area contributed by atoms with Gasteiger partial charge in [-0.05, 0) is 31.1 Å². The fourth-order valence-electron chi connectivity index (χ4n) is 2.17. The van der Waals surface area contributed by atoms with E-state index in [2.05, 4.69) is 13.5 Å². The van der Waals surface area contributed by atoms with Crippen LogP contribution in [0.3, 0.4) is 0 Å². The molecule has 2 heteroatoms. The van der Waals surface area contributed by atoms with Crippen molar-refractivity contribution < 1.29 is 4.79 Å². The highest BCUT2D eigenvalue weighted by atomic mass is 35.5. The van der Waals surface area contributed by atoms with Gasteiger partial charge in [0.15, 0.2) is 0 Å². The van der Waals surface area contributed by atoms with Crippen molar-refractivity contribution in [3.8, 4) is 0 Å². The number of Topliss-reactive ketones (excluding diaryl/α,β-unsaturated/α-hetero) is 1. The lowest BCUT2D eigenvalue weighted by molar-refractivity contribution is -0.122. The van der Waals surface area contributed by atoms with Crippen LogP contribution in [0.2, 0.25) is 0 Å². The summed E-state index contributed by atoms with van der Waals surface area (Å²) in [7, 11) is 0. The lowest BCUT2D eigenvalue weighted by atomic mass is 9.69. The van der Waals surface area contributed by atoms with Gasteiger partial charge in [-0.2, -0.15) is 0 Å². The van der Waals surface area contributed by atoms with Gasteiger partial charge in [0.25, 0.3) is 0 Å². The third-order valence-corrected chi connectivity index (χ3v) is 3.50. The predicted molar refractivity (Wildman–Crippen MR) is 60.7 cm³/mol. The van der Waals surface area contributed by atoms with E-state index >= 15 is 0 Å². The van der Waals surface area contributed by atoms with Crippen molar-refractivity contribution >= 4 is 17.4 Å². The van der Waals surface area contributed by atoms with E-state index in [9.17, 15) is 4.79 Å². The minimum atomic E-state index is 0.0569. The largest absolute Gasteiger partial charge is 0.300 e. The molecule has 14 heavy (non-hydrogen) atoms. The average Bonchev–Trinajstić information content (AvgIpc) is 2.13. The van der Waals surface area contributed by atoms with Gasteiger partial charge in [-0.25, -0.2) is 0 Å². The van der Waals surface area contributed by atoms with Crippen molar-refractivity contribution in [2.45, 2.75) is 45.4 Å². The molecule has 1 aliphatic rings. The number of carbonyl (C=O) groups is 1. The molecule has 0 saturated heterocycles. The molecule has 1 nitrogen and oxygen atoms in total.